The number of benzene rings is 1. The molecule has 23 heavy (non-hydrogen) atoms. The van der Waals surface area contributed by atoms with Crippen LogP contribution in [0.2, 0.25) is 5.15 Å². The first-order chi connectivity index (χ1) is 11.1. The van der Waals surface area contributed by atoms with Crippen LogP contribution in [0.4, 0.5) is 0 Å². The van der Waals surface area contributed by atoms with Gasteiger partial charge in [0.05, 0.1) is 16.9 Å². The normalized spacial score (nSPS) is 10.7. The van der Waals surface area contributed by atoms with Crippen molar-refractivity contribution in [2.75, 3.05) is 7.05 Å². The predicted octanol–water partition coefficient (Wildman–Crippen LogP) is 4.17. The van der Waals surface area contributed by atoms with E-state index >= 15 is 0 Å². The maximum Gasteiger partial charge on any atom is 0.258 e. The molecular formula is C17H16ClN3OS. The number of hydrogen-bond donors (Lipinski definition) is 0. The molecule has 0 saturated heterocycles. The number of rotatable bonds is 4. The summed E-state index contributed by atoms with van der Waals surface area (Å²) in [7, 11) is 1.77. The molecule has 1 aromatic carbocycles. The second-order valence-electron chi connectivity index (χ2n) is 5.29. The highest BCUT2D eigenvalue weighted by Gasteiger charge is 2.23. The third-order valence-electron chi connectivity index (χ3n) is 3.57. The Kier molecular flexibility index (Phi) is 4.50. The Hall–Kier alpha value is -2.11. The molecule has 0 radical (unpaired) electrons. The SMILES string of the molecule is Cc1nn(-c2ccccc2)c(Cl)c1C(=O)N(C)Cc1ccsc1. The molecule has 0 unspecified atom stereocenters. The lowest BCUT2D eigenvalue weighted by molar-refractivity contribution is 0.0784. The van der Waals surface area contributed by atoms with E-state index in [0.29, 0.717) is 23.0 Å². The second kappa shape index (κ2) is 6.56. The van der Waals surface area contributed by atoms with Crippen molar-refractivity contribution in [3.63, 3.8) is 0 Å². The van der Waals surface area contributed by atoms with Crippen molar-refractivity contribution in [1.82, 2.24) is 14.7 Å². The Morgan fingerprint density at radius 3 is 2.70 bits per heavy atom. The number of hydrogen-bond acceptors (Lipinski definition) is 3. The van der Waals surface area contributed by atoms with Crippen molar-refractivity contribution in [3.05, 3.63) is 69.1 Å². The van der Waals surface area contributed by atoms with E-state index in [1.54, 1.807) is 34.9 Å². The molecule has 0 atom stereocenters. The second-order valence-corrected chi connectivity index (χ2v) is 6.43. The summed E-state index contributed by atoms with van der Waals surface area (Å²) in [6.07, 6.45) is 0. The third kappa shape index (κ3) is 3.16. The number of thiophene rings is 1. The van der Waals surface area contributed by atoms with Crippen molar-refractivity contribution in [3.8, 4) is 5.69 Å². The molecule has 0 N–H and O–H groups in total. The Balaban J connectivity index is 1.91. The van der Waals surface area contributed by atoms with Gasteiger partial charge in [-0.2, -0.15) is 16.4 Å². The van der Waals surface area contributed by atoms with Gasteiger partial charge in [0.25, 0.3) is 5.91 Å². The van der Waals surface area contributed by atoms with Crippen LogP contribution in [0.1, 0.15) is 21.6 Å². The van der Waals surface area contributed by atoms with Crippen LogP contribution in [0.3, 0.4) is 0 Å². The van der Waals surface area contributed by atoms with Crippen LogP contribution in [-0.4, -0.2) is 27.6 Å². The predicted molar refractivity (Wildman–Crippen MR) is 93.4 cm³/mol. The standard InChI is InChI=1S/C17H16ClN3OS/c1-12-15(17(22)20(2)10-13-8-9-23-11-13)16(18)21(19-12)14-6-4-3-5-7-14/h3-9,11H,10H2,1-2H3. The zero-order valence-corrected chi connectivity index (χ0v) is 14.4. The summed E-state index contributed by atoms with van der Waals surface area (Å²) in [5.41, 5.74) is 3.02. The lowest BCUT2D eigenvalue weighted by Gasteiger charge is -2.16. The van der Waals surface area contributed by atoms with E-state index in [-0.39, 0.29) is 5.91 Å². The number of aromatic nitrogens is 2. The van der Waals surface area contributed by atoms with Gasteiger partial charge in [0.1, 0.15) is 5.15 Å². The van der Waals surface area contributed by atoms with Crippen molar-refractivity contribution in [1.29, 1.82) is 0 Å². The topological polar surface area (TPSA) is 38.1 Å². The molecule has 0 aliphatic carbocycles. The number of para-hydroxylation sites is 1. The summed E-state index contributed by atoms with van der Waals surface area (Å²) in [5, 5.41) is 8.80. The van der Waals surface area contributed by atoms with E-state index in [0.717, 1.165) is 11.3 Å². The molecule has 0 aliphatic rings. The average Bonchev–Trinajstić information content (AvgIpc) is 3.15. The smallest absolute Gasteiger partial charge is 0.258 e. The van der Waals surface area contributed by atoms with Crippen molar-refractivity contribution >= 4 is 28.8 Å². The van der Waals surface area contributed by atoms with E-state index in [1.807, 2.05) is 47.2 Å². The molecule has 2 aromatic heterocycles. The first-order valence-electron chi connectivity index (χ1n) is 7.15. The van der Waals surface area contributed by atoms with Crippen LogP contribution >= 0.6 is 22.9 Å². The van der Waals surface area contributed by atoms with E-state index in [1.165, 1.54) is 0 Å². The largest absolute Gasteiger partial charge is 0.337 e. The molecule has 2 heterocycles. The van der Waals surface area contributed by atoms with E-state index in [9.17, 15) is 4.79 Å². The Morgan fingerprint density at radius 2 is 2.04 bits per heavy atom. The molecule has 0 bridgehead atoms. The molecule has 3 rings (SSSR count). The van der Waals surface area contributed by atoms with Gasteiger partial charge in [0.2, 0.25) is 0 Å². The Morgan fingerprint density at radius 1 is 1.30 bits per heavy atom. The van der Waals surface area contributed by atoms with Crippen molar-refractivity contribution in [2.24, 2.45) is 0 Å². The maximum absolute atomic E-state index is 12.7. The number of amides is 1. The highest BCUT2D eigenvalue weighted by atomic mass is 35.5. The van der Waals surface area contributed by atoms with Gasteiger partial charge < -0.3 is 4.90 Å². The van der Waals surface area contributed by atoms with Gasteiger partial charge in [-0.05, 0) is 41.4 Å². The number of carbonyl (C=O) groups excluding carboxylic acids is 1. The molecule has 0 aliphatic heterocycles. The molecule has 0 fully saturated rings. The molecule has 0 saturated carbocycles. The van der Waals surface area contributed by atoms with Crippen LogP contribution in [0, 0.1) is 6.92 Å². The number of nitrogens with zero attached hydrogens (tertiary/aromatic N) is 3. The lowest BCUT2D eigenvalue weighted by atomic mass is 10.2. The van der Waals surface area contributed by atoms with Crippen LogP contribution < -0.4 is 0 Å². The number of aryl methyl sites for hydroxylation is 1. The Bertz CT molecular complexity index is 812. The van der Waals surface area contributed by atoms with Crippen molar-refractivity contribution in [2.45, 2.75) is 13.5 Å². The fraction of sp³-hybridized carbons (Fsp3) is 0.176. The first kappa shape index (κ1) is 15.8. The Labute approximate surface area is 143 Å². The highest BCUT2D eigenvalue weighted by molar-refractivity contribution is 7.07. The summed E-state index contributed by atoms with van der Waals surface area (Å²) in [6, 6.07) is 11.6. The van der Waals surface area contributed by atoms with Gasteiger partial charge in [-0.3, -0.25) is 4.79 Å². The van der Waals surface area contributed by atoms with Crippen LogP contribution in [-0.2, 0) is 6.54 Å². The van der Waals surface area contributed by atoms with Crippen LogP contribution in [0.5, 0.6) is 0 Å². The average molecular weight is 346 g/mol. The van der Waals surface area contributed by atoms with Gasteiger partial charge in [0.15, 0.2) is 0 Å². The van der Waals surface area contributed by atoms with Gasteiger partial charge >= 0.3 is 0 Å². The molecule has 3 aromatic rings. The fourth-order valence-corrected chi connectivity index (χ4v) is 3.41. The molecular weight excluding hydrogens is 330 g/mol. The van der Waals surface area contributed by atoms with Gasteiger partial charge in [0, 0.05) is 13.6 Å². The van der Waals surface area contributed by atoms with E-state index in [4.69, 9.17) is 11.6 Å². The van der Waals surface area contributed by atoms with E-state index in [2.05, 4.69) is 5.10 Å². The summed E-state index contributed by atoms with van der Waals surface area (Å²) >= 11 is 8.06. The lowest BCUT2D eigenvalue weighted by Crippen LogP contribution is -2.26. The summed E-state index contributed by atoms with van der Waals surface area (Å²) in [4.78, 5) is 14.4. The van der Waals surface area contributed by atoms with Crippen LogP contribution in [0.25, 0.3) is 5.69 Å². The summed E-state index contributed by atoms with van der Waals surface area (Å²) in [6.45, 7) is 2.35. The van der Waals surface area contributed by atoms with E-state index < -0.39 is 0 Å². The molecule has 0 spiro atoms. The van der Waals surface area contributed by atoms with Crippen molar-refractivity contribution < 1.29 is 4.79 Å². The first-order valence-corrected chi connectivity index (χ1v) is 8.47. The minimum absolute atomic E-state index is 0.124. The zero-order chi connectivity index (χ0) is 16.4. The number of halogens is 1. The molecule has 1 amide bonds. The zero-order valence-electron chi connectivity index (χ0n) is 12.9. The van der Waals surface area contributed by atoms with Gasteiger partial charge in [-0.15, -0.1) is 0 Å². The third-order valence-corrected chi connectivity index (χ3v) is 4.65. The monoisotopic (exact) mass is 345 g/mol. The van der Waals surface area contributed by atoms with Crippen LogP contribution in [0.15, 0.2) is 47.2 Å². The fourth-order valence-electron chi connectivity index (χ4n) is 2.40. The van der Waals surface area contributed by atoms with Gasteiger partial charge in [-0.1, -0.05) is 29.8 Å². The molecule has 118 valence electrons. The molecule has 6 heteroatoms. The maximum atomic E-state index is 12.7. The summed E-state index contributed by atoms with van der Waals surface area (Å²) < 4.78 is 1.60. The minimum atomic E-state index is -0.124. The highest BCUT2D eigenvalue weighted by Crippen LogP contribution is 2.25. The quantitative estimate of drug-likeness (QED) is 0.711. The number of carbonyl (C=O) groups is 1. The summed E-state index contributed by atoms with van der Waals surface area (Å²) in [5.74, 6) is -0.124. The molecule has 4 nitrogen and oxygen atoms in total. The minimum Gasteiger partial charge on any atom is -0.337 e. The van der Waals surface area contributed by atoms with Gasteiger partial charge in [-0.25, -0.2) is 4.68 Å².